The fraction of sp³-hybridized carbons (Fsp3) is 0.286. The maximum atomic E-state index is 12.1. The number of H-pyrrole nitrogens is 1. The van der Waals surface area contributed by atoms with Crippen LogP contribution in [0.3, 0.4) is 0 Å². The summed E-state index contributed by atoms with van der Waals surface area (Å²) in [6.45, 7) is 0. The Morgan fingerprint density at radius 2 is 2.33 bits per heavy atom. The number of carbonyl (C=O) groups excluding carboxylic acids is 1. The quantitative estimate of drug-likeness (QED) is 0.890. The third-order valence-electron chi connectivity index (χ3n) is 3.25. The molecule has 0 spiro atoms. The van der Waals surface area contributed by atoms with E-state index in [-0.39, 0.29) is 5.82 Å². The van der Waals surface area contributed by atoms with Gasteiger partial charge in [-0.2, -0.15) is 5.26 Å². The first kappa shape index (κ1) is 13.1. The Morgan fingerprint density at radius 3 is 3.00 bits per heavy atom. The van der Waals surface area contributed by atoms with Crippen molar-refractivity contribution < 1.29 is 9.53 Å². The lowest BCUT2D eigenvalue weighted by molar-refractivity contribution is 0.101. The molecule has 7 heteroatoms. The molecule has 0 radical (unpaired) electrons. The van der Waals surface area contributed by atoms with Crippen molar-refractivity contribution in [3.8, 4) is 11.8 Å². The highest BCUT2D eigenvalue weighted by atomic mass is 16.5. The predicted molar refractivity (Wildman–Crippen MR) is 74.0 cm³/mol. The van der Waals surface area contributed by atoms with Crippen molar-refractivity contribution in [2.75, 3.05) is 12.4 Å². The third-order valence-corrected chi connectivity index (χ3v) is 3.25. The third kappa shape index (κ3) is 2.69. The first-order valence-electron chi connectivity index (χ1n) is 6.53. The minimum absolute atomic E-state index is 0.100. The number of ether oxygens (including phenoxy) is 1. The molecule has 2 N–H and O–H groups in total. The number of nitrogens with zero attached hydrogens (tertiary/aromatic N) is 3. The Kier molecular flexibility index (Phi) is 3.28. The standard InChI is InChI=1S/C14H13N5O2/c1-21-11-6-8(7-15)2-5-10(11)16-14(20)13-17-12(18-19-13)9-3-4-9/h2,5-6,9H,3-4H2,1H3,(H,16,20)(H,17,18,19). The van der Waals surface area contributed by atoms with Crippen LogP contribution in [0.5, 0.6) is 5.75 Å². The Hall–Kier alpha value is -2.88. The van der Waals surface area contributed by atoms with E-state index in [9.17, 15) is 4.79 Å². The van der Waals surface area contributed by atoms with Gasteiger partial charge in [0.1, 0.15) is 11.6 Å². The van der Waals surface area contributed by atoms with Gasteiger partial charge in [0.05, 0.1) is 24.4 Å². The highest BCUT2D eigenvalue weighted by molar-refractivity contribution is 6.02. The highest BCUT2D eigenvalue weighted by Crippen LogP contribution is 2.37. The monoisotopic (exact) mass is 283 g/mol. The Morgan fingerprint density at radius 1 is 1.52 bits per heavy atom. The van der Waals surface area contributed by atoms with E-state index in [1.807, 2.05) is 6.07 Å². The van der Waals surface area contributed by atoms with Gasteiger partial charge in [-0.15, -0.1) is 5.10 Å². The van der Waals surface area contributed by atoms with Crippen LogP contribution >= 0.6 is 0 Å². The van der Waals surface area contributed by atoms with Gasteiger partial charge in [0.15, 0.2) is 0 Å². The molecule has 1 saturated carbocycles. The second-order valence-electron chi connectivity index (χ2n) is 4.80. The number of amides is 1. The SMILES string of the molecule is COc1cc(C#N)ccc1NC(=O)c1n[nH]c(C2CC2)n1. The Balaban J connectivity index is 1.78. The minimum atomic E-state index is -0.416. The summed E-state index contributed by atoms with van der Waals surface area (Å²) < 4.78 is 5.16. The molecule has 0 saturated heterocycles. The van der Waals surface area contributed by atoms with Gasteiger partial charge in [-0.05, 0) is 25.0 Å². The molecule has 1 heterocycles. The molecule has 1 aliphatic rings. The van der Waals surface area contributed by atoms with Crippen molar-refractivity contribution in [2.24, 2.45) is 0 Å². The molecular formula is C14H13N5O2. The van der Waals surface area contributed by atoms with E-state index in [4.69, 9.17) is 10.00 Å². The first-order valence-corrected chi connectivity index (χ1v) is 6.53. The van der Waals surface area contributed by atoms with Gasteiger partial charge < -0.3 is 10.1 Å². The number of methoxy groups -OCH3 is 1. The van der Waals surface area contributed by atoms with Crippen molar-refractivity contribution in [2.45, 2.75) is 18.8 Å². The molecule has 1 aromatic carbocycles. The van der Waals surface area contributed by atoms with Gasteiger partial charge in [0, 0.05) is 12.0 Å². The summed E-state index contributed by atoms with van der Waals surface area (Å²) in [6, 6.07) is 6.79. The van der Waals surface area contributed by atoms with Crippen LogP contribution in [-0.2, 0) is 0 Å². The van der Waals surface area contributed by atoms with Crippen LogP contribution in [0.25, 0.3) is 0 Å². The van der Waals surface area contributed by atoms with E-state index in [0.29, 0.717) is 22.9 Å². The molecule has 7 nitrogen and oxygen atoms in total. The van der Waals surface area contributed by atoms with E-state index in [0.717, 1.165) is 18.7 Å². The largest absolute Gasteiger partial charge is 0.495 e. The number of aromatic nitrogens is 3. The summed E-state index contributed by atoms with van der Waals surface area (Å²) in [6.07, 6.45) is 2.17. The van der Waals surface area contributed by atoms with Gasteiger partial charge in [-0.3, -0.25) is 9.89 Å². The molecule has 21 heavy (non-hydrogen) atoms. The fourth-order valence-corrected chi connectivity index (χ4v) is 1.96. The lowest BCUT2D eigenvalue weighted by Crippen LogP contribution is -2.14. The minimum Gasteiger partial charge on any atom is -0.495 e. The van der Waals surface area contributed by atoms with Crippen LogP contribution in [0, 0.1) is 11.3 Å². The number of benzene rings is 1. The van der Waals surface area contributed by atoms with Gasteiger partial charge >= 0.3 is 0 Å². The van der Waals surface area contributed by atoms with Gasteiger partial charge in [0.25, 0.3) is 5.91 Å². The van der Waals surface area contributed by atoms with Crippen LogP contribution in [0.1, 0.15) is 40.8 Å². The summed E-state index contributed by atoms with van der Waals surface area (Å²) in [5.74, 6) is 1.26. The molecule has 0 bridgehead atoms. The Labute approximate surface area is 121 Å². The van der Waals surface area contributed by atoms with Gasteiger partial charge in [0.2, 0.25) is 5.82 Å². The maximum Gasteiger partial charge on any atom is 0.295 e. The summed E-state index contributed by atoms with van der Waals surface area (Å²) in [4.78, 5) is 16.3. The average Bonchev–Trinajstić information content (AvgIpc) is 3.24. The lowest BCUT2D eigenvalue weighted by atomic mass is 10.2. The normalized spacial score (nSPS) is 13.5. The predicted octanol–water partition coefficient (Wildman–Crippen LogP) is 1.81. The van der Waals surface area contributed by atoms with Crippen molar-refractivity contribution in [1.82, 2.24) is 15.2 Å². The van der Waals surface area contributed by atoms with Gasteiger partial charge in [-0.1, -0.05) is 0 Å². The van der Waals surface area contributed by atoms with Crippen LogP contribution in [0.15, 0.2) is 18.2 Å². The molecule has 0 atom stereocenters. The number of nitrogens with one attached hydrogen (secondary N) is 2. The number of hydrogen-bond acceptors (Lipinski definition) is 5. The summed E-state index contributed by atoms with van der Waals surface area (Å²) in [7, 11) is 1.48. The zero-order valence-electron chi connectivity index (χ0n) is 11.4. The maximum absolute atomic E-state index is 12.1. The molecule has 0 unspecified atom stereocenters. The van der Waals surface area contributed by atoms with Crippen molar-refractivity contribution in [3.05, 3.63) is 35.4 Å². The number of hydrogen-bond donors (Lipinski definition) is 2. The number of rotatable bonds is 4. The summed E-state index contributed by atoms with van der Waals surface area (Å²) >= 11 is 0. The fourth-order valence-electron chi connectivity index (χ4n) is 1.96. The molecule has 106 valence electrons. The zero-order valence-corrected chi connectivity index (χ0v) is 11.4. The van der Waals surface area contributed by atoms with Crippen molar-refractivity contribution in [1.29, 1.82) is 5.26 Å². The highest BCUT2D eigenvalue weighted by Gasteiger charge is 2.28. The second-order valence-corrected chi connectivity index (χ2v) is 4.80. The van der Waals surface area contributed by atoms with E-state index in [1.165, 1.54) is 7.11 Å². The van der Waals surface area contributed by atoms with Crippen LogP contribution in [0.2, 0.25) is 0 Å². The molecule has 1 aliphatic carbocycles. The molecule has 1 fully saturated rings. The number of carbonyl (C=O) groups is 1. The average molecular weight is 283 g/mol. The number of nitriles is 1. The Bertz CT molecular complexity index is 727. The van der Waals surface area contributed by atoms with E-state index >= 15 is 0 Å². The van der Waals surface area contributed by atoms with Crippen LogP contribution in [0.4, 0.5) is 5.69 Å². The first-order chi connectivity index (χ1) is 10.2. The van der Waals surface area contributed by atoms with Crippen LogP contribution < -0.4 is 10.1 Å². The number of anilines is 1. The molecule has 0 aliphatic heterocycles. The smallest absolute Gasteiger partial charge is 0.295 e. The van der Waals surface area contributed by atoms with Crippen molar-refractivity contribution >= 4 is 11.6 Å². The van der Waals surface area contributed by atoms with Gasteiger partial charge in [-0.25, -0.2) is 4.98 Å². The van der Waals surface area contributed by atoms with E-state index in [1.54, 1.807) is 18.2 Å². The zero-order chi connectivity index (χ0) is 14.8. The van der Waals surface area contributed by atoms with E-state index in [2.05, 4.69) is 20.5 Å². The lowest BCUT2D eigenvalue weighted by Gasteiger charge is -2.08. The molecule has 1 amide bonds. The second kappa shape index (κ2) is 5.25. The van der Waals surface area contributed by atoms with E-state index < -0.39 is 5.91 Å². The molecule has 1 aromatic heterocycles. The topological polar surface area (TPSA) is 104 Å². The summed E-state index contributed by atoms with van der Waals surface area (Å²) in [5, 5.41) is 18.2. The molecular weight excluding hydrogens is 270 g/mol. The summed E-state index contributed by atoms with van der Waals surface area (Å²) in [5.41, 5.74) is 0.929. The van der Waals surface area contributed by atoms with Crippen LogP contribution in [-0.4, -0.2) is 28.2 Å². The van der Waals surface area contributed by atoms with Crippen molar-refractivity contribution in [3.63, 3.8) is 0 Å². The molecule has 3 rings (SSSR count). The molecule has 2 aromatic rings. The number of aromatic amines is 1.